The number of alkyl halides is 3. The lowest BCUT2D eigenvalue weighted by atomic mass is 9.74. The summed E-state index contributed by atoms with van der Waals surface area (Å²) in [4.78, 5) is 46.7. The first-order chi connectivity index (χ1) is 18.6. The average Bonchev–Trinajstić information content (AvgIpc) is 3.29. The van der Waals surface area contributed by atoms with Gasteiger partial charge in [-0.2, -0.15) is 13.2 Å². The summed E-state index contributed by atoms with van der Waals surface area (Å²) in [5, 5.41) is 27.9. The van der Waals surface area contributed by atoms with Gasteiger partial charge in [0.05, 0.1) is 39.2 Å². The molecule has 1 atom stereocenters. The van der Waals surface area contributed by atoms with Crippen molar-refractivity contribution >= 4 is 52.8 Å². The van der Waals surface area contributed by atoms with Crippen molar-refractivity contribution in [2.45, 2.75) is 76.1 Å². The van der Waals surface area contributed by atoms with Crippen LogP contribution in [-0.2, 0) is 9.59 Å². The normalized spacial score (nSPS) is 23.9. The predicted octanol–water partition coefficient (Wildman–Crippen LogP) is 5.01. The maximum atomic E-state index is 14.3. The molecular formula is C26H31Cl2F3N4O5. The van der Waals surface area contributed by atoms with E-state index in [4.69, 9.17) is 28.6 Å². The second-order valence-corrected chi connectivity index (χ2v) is 11.6. The Morgan fingerprint density at radius 2 is 1.73 bits per heavy atom. The third-order valence-corrected chi connectivity index (χ3v) is 8.29. The quantitative estimate of drug-likeness (QED) is 0.252. The molecule has 0 saturated heterocycles. The van der Waals surface area contributed by atoms with E-state index in [1.165, 1.54) is 6.92 Å². The minimum Gasteiger partial charge on any atom is -0.481 e. The number of carboxylic acid groups (broad SMARTS) is 1. The number of hydrogen-bond donors (Lipinski definition) is 3. The fraction of sp³-hybridized carbons (Fsp3) is 0.615. The number of aliphatic imine (C=N–C) groups is 1. The summed E-state index contributed by atoms with van der Waals surface area (Å²) in [7, 11) is 0. The standard InChI is InChI=1S/C26H31Cl2F3N4O5/c1-24(23(38)39)8-4-15(5-9-24)34-21(26(29,30)31)16(10-32)22(37)35(14-25(40)6-2-3-7-25)13-19(36)20-17(27)11-33-12-18(20)28/h10-12,15-16,32,40H,2-9,13-14H2,1H3,(H,38,39). The van der Waals surface area contributed by atoms with Gasteiger partial charge >= 0.3 is 12.1 Å². The Kier molecular flexibility index (Phi) is 10.0. The van der Waals surface area contributed by atoms with E-state index < -0.39 is 65.6 Å². The molecule has 0 radical (unpaired) electrons. The molecule has 3 N–H and O–H groups in total. The molecular weight excluding hydrogens is 576 g/mol. The number of aliphatic hydroxyl groups is 1. The van der Waals surface area contributed by atoms with Crippen LogP contribution in [0.2, 0.25) is 10.0 Å². The molecule has 0 spiro atoms. The van der Waals surface area contributed by atoms with Gasteiger partial charge in [-0.25, -0.2) is 0 Å². The molecule has 0 aromatic carbocycles. The number of rotatable bonds is 10. The van der Waals surface area contributed by atoms with Crippen LogP contribution in [0.25, 0.3) is 0 Å². The predicted molar refractivity (Wildman–Crippen MR) is 142 cm³/mol. The van der Waals surface area contributed by atoms with E-state index >= 15 is 0 Å². The number of aliphatic carboxylic acids is 1. The van der Waals surface area contributed by atoms with Crippen LogP contribution >= 0.6 is 23.2 Å². The number of aromatic nitrogens is 1. The maximum Gasteiger partial charge on any atom is 0.430 e. The van der Waals surface area contributed by atoms with Crippen LogP contribution in [0.3, 0.4) is 0 Å². The summed E-state index contributed by atoms with van der Waals surface area (Å²) in [6.07, 6.45) is -0.309. The zero-order chi connectivity index (χ0) is 29.9. The molecule has 1 amide bonds. The van der Waals surface area contributed by atoms with Crippen LogP contribution in [-0.4, -0.2) is 80.6 Å². The highest BCUT2D eigenvalue weighted by Gasteiger charge is 2.47. The second kappa shape index (κ2) is 12.5. The minimum atomic E-state index is -5.09. The molecule has 3 rings (SSSR count). The number of carboxylic acids is 1. The summed E-state index contributed by atoms with van der Waals surface area (Å²) in [5.74, 6) is -5.24. The average molecular weight is 607 g/mol. The first kappa shape index (κ1) is 32.0. The Labute approximate surface area is 239 Å². The van der Waals surface area contributed by atoms with E-state index in [1.807, 2.05) is 0 Å². The van der Waals surface area contributed by atoms with Crippen LogP contribution in [0.1, 0.15) is 68.6 Å². The molecule has 0 aliphatic heterocycles. The molecule has 40 heavy (non-hydrogen) atoms. The highest BCUT2D eigenvalue weighted by molar-refractivity contribution is 6.39. The molecule has 2 fully saturated rings. The van der Waals surface area contributed by atoms with Gasteiger partial charge in [0.25, 0.3) is 0 Å². The Bertz CT molecular complexity index is 1160. The van der Waals surface area contributed by atoms with Gasteiger partial charge < -0.3 is 20.5 Å². The Morgan fingerprint density at radius 3 is 2.20 bits per heavy atom. The zero-order valence-corrected chi connectivity index (χ0v) is 23.3. The van der Waals surface area contributed by atoms with Crippen LogP contribution < -0.4 is 0 Å². The Hall–Kier alpha value is -2.57. The highest BCUT2D eigenvalue weighted by Crippen LogP contribution is 2.38. The number of carbonyl (C=O) groups excluding carboxylic acids is 2. The van der Waals surface area contributed by atoms with E-state index in [0.717, 1.165) is 17.3 Å². The third-order valence-electron chi connectivity index (χ3n) is 7.71. The molecule has 220 valence electrons. The van der Waals surface area contributed by atoms with Crippen LogP contribution in [0, 0.1) is 16.7 Å². The topological polar surface area (TPSA) is 144 Å². The van der Waals surface area contributed by atoms with Crippen LogP contribution in [0.15, 0.2) is 17.4 Å². The summed E-state index contributed by atoms with van der Waals surface area (Å²) in [6.45, 7) is 0.335. The maximum absolute atomic E-state index is 14.3. The van der Waals surface area contributed by atoms with Gasteiger partial charge in [0.2, 0.25) is 5.91 Å². The second-order valence-electron chi connectivity index (χ2n) is 10.8. The van der Waals surface area contributed by atoms with Crippen LogP contribution in [0.4, 0.5) is 13.2 Å². The number of nitrogens with one attached hydrogen (secondary N) is 1. The van der Waals surface area contributed by atoms with Crippen molar-refractivity contribution in [1.82, 2.24) is 9.88 Å². The number of nitrogens with zero attached hydrogens (tertiary/aromatic N) is 3. The first-order valence-electron chi connectivity index (χ1n) is 12.8. The van der Waals surface area contributed by atoms with Gasteiger partial charge in [-0.05, 0) is 45.4 Å². The summed E-state index contributed by atoms with van der Waals surface area (Å²) < 4.78 is 42.8. The van der Waals surface area contributed by atoms with Gasteiger partial charge in [0.15, 0.2) is 5.78 Å². The van der Waals surface area contributed by atoms with Crippen molar-refractivity contribution in [3.8, 4) is 0 Å². The van der Waals surface area contributed by atoms with Gasteiger partial charge in [0, 0.05) is 25.2 Å². The molecule has 2 aliphatic rings. The van der Waals surface area contributed by atoms with Crippen molar-refractivity contribution < 1.29 is 37.8 Å². The minimum absolute atomic E-state index is 0.0578. The van der Waals surface area contributed by atoms with Crippen molar-refractivity contribution in [3.05, 3.63) is 28.0 Å². The van der Waals surface area contributed by atoms with E-state index in [1.54, 1.807) is 0 Å². The van der Waals surface area contributed by atoms with Crippen LogP contribution in [0.5, 0.6) is 0 Å². The monoisotopic (exact) mass is 606 g/mol. The molecule has 1 aromatic rings. The SMILES string of the molecule is CC1(C(=O)O)CCC(N=C(C(C=N)C(=O)N(CC(=O)c2c(Cl)cncc2Cl)CC2(O)CCCC2)C(F)(F)F)CC1. The van der Waals surface area contributed by atoms with E-state index in [2.05, 4.69) is 9.98 Å². The van der Waals surface area contributed by atoms with E-state index in [9.17, 15) is 37.8 Å². The first-order valence-corrected chi connectivity index (χ1v) is 13.6. The zero-order valence-electron chi connectivity index (χ0n) is 21.8. The molecule has 14 heteroatoms. The molecule has 1 unspecified atom stereocenters. The summed E-state index contributed by atoms with van der Waals surface area (Å²) >= 11 is 12.1. The third kappa shape index (κ3) is 7.38. The lowest BCUT2D eigenvalue weighted by Crippen LogP contribution is -2.51. The molecule has 1 heterocycles. The van der Waals surface area contributed by atoms with Crippen molar-refractivity contribution in [2.75, 3.05) is 13.1 Å². The molecule has 2 aliphatic carbocycles. The van der Waals surface area contributed by atoms with Gasteiger partial charge in [-0.15, -0.1) is 0 Å². The number of halogens is 5. The smallest absolute Gasteiger partial charge is 0.430 e. The number of ketones is 1. The largest absolute Gasteiger partial charge is 0.481 e. The number of pyridine rings is 1. The lowest BCUT2D eigenvalue weighted by molar-refractivity contribution is -0.149. The lowest BCUT2D eigenvalue weighted by Gasteiger charge is -2.34. The van der Waals surface area contributed by atoms with Crippen molar-refractivity contribution in [3.63, 3.8) is 0 Å². The fourth-order valence-corrected chi connectivity index (χ4v) is 5.84. The number of carbonyl (C=O) groups is 3. The molecule has 0 bridgehead atoms. The highest BCUT2D eigenvalue weighted by atomic mass is 35.5. The van der Waals surface area contributed by atoms with Gasteiger partial charge in [-0.3, -0.25) is 24.4 Å². The summed E-state index contributed by atoms with van der Waals surface area (Å²) in [5.41, 5.74) is -4.18. The number of hydrogen-bond acceptors (Lipinski definition) is 7. The number of amides is 1. The Balaban J connectivity index is 1.95. The van der Waals surface area contributed by atoms with Crippen molar-refractivity contribution in [2.24, 2.45) is 16.3 Å². The van der Waals surface area contributed by atoms with Crippen molar-refractivity contribution in [1.29, 1.82) is 5.41 Å². The Morgan fingerprint density at radius 1 is 1.18 bits per heavy atom. The fourth-order valence-electron chi connectivity index (χ4n) is 5.26. The number of Topliss-reactive ketones (excluding diaryl/α,β-unsaturated/α-hetero) is 1. The molecule has 2 saturated carbocycles. The molecule has 9 nitrogen and oxygen atoms in total. The summed E-state index contributed by atoms with van der Waals surface area (Å²) in [6, 6.07) is -0.900. The molecule has 1 aromatic heterocycles. The van der Waals surface area contributed by atoms with Gasteiger partial charge in [-0.1, -0.05) is 36.0 Å². The van der Waals surface area contributed by atoms with E-state index in [-0.39, 0.29) is 54.1 Å². The van der Waals surface area contributed by atoms with Gasteiger partial charge in [0.1, 0.15) is 11.6 Å². The van der Waals surface area contributed by atoms with E-state index in [0.29, 0.717) is 19.1 Å².